The van der Waals surface area contributed by atoms with Crippen molar-refractivity contribution in [3.05, 3.63) is 42.5 Å². The molecule has 0 aliphatic carbocycles. The summed E-state index contributed by atoms with van der Waals surface area (Å²) in [6.07, 6.45) is 5.46. The third-order valence-corrected chi connectivity index (χ3v) is 7.03. The third kappa shape index (κ3) is 5.06. The summed E-state index contributed by atoms with van der Waals surface area (Å²) in [6.45, 7) is 11.2. The predicted molar refractivity (Wildman–Crippen MR) is 145 cm³/mol. The lowest BCUT2D eigenvalue weighted by Gasteiger charge is -2.39. The lowest BCUT2D eigenvalue weighted by atomic mass is 9.93. The molecule has 4 heterocycles. The van der Waals surface area contributed by atoms with E-state index in [1.807, 2.05) is 48.9 Å². The van der Waals surface area contributed by atoms with Gasteiger partial charge in [0.05, 0.1) is 17.9 Å². The molecule has 194 valence electrons. The first-order valence-corrected chi connectivity index (χ1v) is 12.8. The van der Waals surface area contributed by atoms with Crippen molar-refractivity contribution in [1.82, 2.24) is 29.7 Å². The molecule has 0 saturated carbocycles. The Bertz CT molecular complexity index is 1390. The van der Waals surface area contributed by atoms with Gasteiger partial charge in [-0.05, 0) is 64.8 Å². The first-order chi connectivity index (χ1) is 17.9. The molecule has 0 radical (unpaired) electrons. The van der Waals surface area contributed by atoms with E-state index in [-0.39, 0.29) is 5.60 Å². The minimum atomic E-state index is -0.0932. The van der Waals surface area contributed by atoms with Gasteiger partial charge in [-0.2, -0.15) is 0 Å². The van der Waals surface area contributed by atoms with Crippen LogP contribution in [0.25, 0.3) is 22.3 Å². The van der Waals surface area contributed by atoms with E-state index in [0.717, 1.165) is 72.0 Å². The van der Waals surface area contributed by atoms with E-state index in [0.29, 0.717) is 18.3 Å². The molecule has 1 fully saturated rings. The molecule has 1 N–H and O–H groups in total. The monoisotopic (exact) mass is 502 g/mol. The number of aryl methyl sites for hydroxylation is 2. The van der Waals surface area contributed by atoms with E-state index in [2.05, 4.69) is 39.2 Å². The first kappa shape index (κ1) is 24.9. The summed E-state index contributed by atoms with van der Waals surface area (Å²) >= 11 is 0. The van der Waals surface area contributed by atoms with E-state index in [1.54, 1.807) is 13.4 Å². The Morgan fingerprint density at radius 2 is 1.92 bits per heavy atom. The molecule has 1 aromatic carbocycles. The molecule has 1 aliphatic rings. The first-order valence-electron chi connectivity index (χ1n) is 12.8. The van der Waals surface area contributed by atoms with Crippen LogP contribution in [0.3, 0.4) is 0 Å². The fraction of sp³-hybridized carbons (Fsp3) is 0.444. The Morgan fingerprint density at radius 3 is 2.65 bits per heavy atom. The maximum atomic E-state index is 5.97. The number of methoxy groups -OCH3 is 1. The molecule has 10 heteroatoms. The van der Waals surface area contributed by atoms with Crippen LogP contribution in [-0.4, -0.2) is 62.1 Å². The fourth-order valence-corrected chi connectivity index (χ4v) is 4.70. The van der Waals surface area contributed by atoms with E-state index >= 15 is 0 Å². The Balaban J connectivity index is 1.47. The quantitative estimate of drug-likeness (QED) is 0.365. The van der Waals surface area contributed by atoms with Gasteiger partial charge in [-0.25, -0.2) is 15.0 Å². The molecule has 10 nitrogen and oxygen atoms in total. The zero-order chi connectivity index (χ0) is 26.0. The molecule has 37 heavy (non-hydrogen) atoms. The molecule has 0 amide bonds. The summed E-state index contributed by atoms with van der Waals surface area (Å²) in [7, 11) is 1.79. The van der Waals surface area contributed by atoms with Gasteiger partial charge in [0, 0.05) is 49.6 Å². The maximum absolute atomic E-state index is 5.97. The van der Waals surface area contributed by atoms with Gasteiger partial charge in [-0.15, -0.1) is 10.2 Å². The molecular formula is C27H34N8O2. The number of piperidine rings is 1. The van der Waals surface area contributed by atoms with Gasteiger partial charge in [-0.3, -0.25) is 0 Å². The van der Waals surface area contributed by atoms with Crippen molar-refractivity contribution in [3.8, 4) is 17.1 Å². The van der Waals surface area contributed by atoms with Gasteiger partial charge in [-0.1, -0.05) is 0 Å². The van der Waals surface area contributed by atoms with E-state index in [4.69, 9.17) is 19.4 Å². The summed E-state index contributed by atoms with van der Waals surface area (Å²) in [6, 6.07) is 7.96. The highest BCUT2D eigenvalue weighted by atomic mass is 16.5. The number of benzene rings is 1. The SMILES string of the molecule is CCOc1cc(-c2nncn2CC)ccc1Nc1ncc2cc(C)nc(N3CCC(C)(OC)CC3)c2n1. The molecule has 0 spiro atoms. The van der Waals surface area contributed by atoms with Crippen LogP contribution in [-0.2, 0) is 11.3 Å². The number of nitrogens with one attached hydrogen (secondary N) is 1. The zero-order valence-electron chi connectivity index (χ0n) is 22.2. The topological polar surface area (TPSA) is 103 Å². The molecule has 4 aromatic rings. The molecule has 1 saturated heterocycles. The largest absolute Gasteiger partial charge is 0.492 e. The average molecular weight is 503 g/mol. The van der Waals surface area contributed by atoms with Gasteiger partial charge in [0.2, 0.25) is 5.95 Å². The highest BCUT2D eigenvalue weighted by molar-refractivity contribution is 5.89. The molecule has 0 unspecified atom stereocenters. The summed E-state index contributed by atoms with van der Waals surface area (Å²) in [4.78, 5) is 16.7. The number of ether oxygens (including phenoxy) is 2. The smallest absolute Gasteiger partial charge is 0.227 e. The molecule has 3 aromatic heterocycles. The number of hydrogen-bond acceptors (Lipinski definition) is 9. The van der Waals surface area contributed by atoms with Crippen LogP contribution in [0.4, 0.5) is 17.5 Å². The van der Waals surface area contributed by atoms with Crippen LogP contribution in [0.5, 0.6) is 5.75 Å². The van der Waals surface area contributed by atoms with Crippen molar-refractivity contribution in [3.63, 3.8) is 0 Å². The summed E-state index contributed by atoms with van der Waals surface area (Å²) in [5.41, 5.74) is 3.39. The van der Waals surface area contributed by atoms with Crippen LogP contribution in [0, 0.1) is 6.92 Å². The summed E-state index contributed by atoms with van der Waals surface area (Å²) in [5, 5.41) is 12.7. The van der Waals surface area contributed by atoms with Gasteiger partial charge in [0.15, 0.2) is 11.6 Å². The standard InChI is InChI=1S/C27H34N8O2/c1-6-34-17-29-33-24(34)19-8-9-21(22(15-19)37-7-2)31-26-28-16-20-14-18(3)30-25(23(20)32-26)35-12-10-27(4,36-5)11-13-35/h8-9,14-17H,6-7,10-13H2,1-5H3,(H,28,31,32). The maximum Gasteiger partial charge on any atom is 0.227 e. The van der Waals surface area contributed by atoms with Crippen molar-refractivity contribution in [2.24, 2.45) is 0 Å². The Labute approximate surface area is 217 Å². The second kappa shape index (κ2) is 10.3. The summed E-state index contributed by atoms with van der Waals surface area (Å²) < 4.78 is 13.7. The van der Waals surface area contributed by atoms with Gasteiger partial charge in [0.1, 0.15) is 17.6 Å². The molecule has 0 bridgehead atoms. The number of aromatic nitrogens is 6. The average Bonchev–Trinajstić information content (AvgIpc) is 3.39. The number of hydrogen-bond donors (Lipinski definition) is 1. The van der Waals surface area contributed by atoms with Crippen molar-refractivity contribution < 1.29 is 9.47 Å². The lowest BCUT2D eigenvalue weighted by molar-refractivity contribution is -0.0133. The van der Waals surface area contributed by atoms with Crippen molar-refractivity contribution in [1.29, 1.82) is 0 Å². The van der Waals surface area contributed by atoms with Crippen LogP contribution in [0.15, 0.2) is 36.8 Å². The Hall–Kier alpha value is -3.79. The van der Waals surface area contributed by atoms with Crippen molar-refractivity contribution >= 4 is 28.4 Å². The van der Waals surface area contributed by atoms with Crippen LogP contribution >= 0.6 is 0 Å². The lowest BCUT2D eigenvalue weighted by Crippen LogP contribution is -2.44. The van der Waals surface area contributed by atoms with Crippen LogP contribution in [0.1, 0.15) is 39.3 Å². The third-order valence-electron chi connectivity index (χ3n) is 7.03. The van der Waals surface area contributed by atoms with Crippen molar-refractivity contribution in [2.45, 2.75) is 52.7 Å². The minimum absolute atomic E-state index is 0.0932. The number of anilines is 3. The molecule has 0 atom stereocenters. The van der Waals surface area contributed by atoms with Crippen LogP contribution < -0.4 is 15.0 Å². The predicted octanol–water partition coefficient (Wildman–Crippen LogP) is 4.76. The highest BCUT2D eigenvalue weighted by Crippen LogP contribution is 2.34. The van der Waals surface area contributed by atoms with Gasteiger partial charge < -0.3 is 24.3 Å². The van der Waals surface area contributed by atoms with Gasteiger partial charge >= 0.3 is 0 Å². The van der Waals surface area contributed by atoms with Crippen LogP contribution in [0.2, 0.25) is 0 Å². The zero-order valence-corrected chi connectivity index (χ0v) is 22.2. The normalized spacial score (nSPS) is 15.2. The van der Waals surface area contributed by atoms with E-state index in [9.17, 15) is 0 Å². The minimum Gasteiger partial charge on any atom is -0.492 e. The van der Waals surface area contributed by atoms with Crippen molar-refractivity contribution in [2.75, 3.05) is 37.0 Å². The van der Waals surface area contributed by atoms with Gasteiger partial charge in [0.25, 0.3) is 0 Å². The molecular weight excluding hydrogens is 468 g/mol. The second-order valence-electron chi connectivity index (χ2n) is 9.57. The molecule has 5 rings (SSSR count). The van der Waals surface area contributed by atoms with E-state index in [1.165, 1.54) is 0 Å². The number of rotatable bonds is 8. The Kier molecular flexibility index (Phi) is 6.92. The van der Waals surface area contributed by atoms with E-state index < -0.39 is 0 Å². The highest BCUT2D eigenvalue weighted by Gasteiger charge is 2.31. The number of pyridine rings is 1. The summed E-state index contributed by atoms with van der Waals surface area (Å²) in [5.74, 6) is 2.88. The fourth-order valence-electron chi connectivity index (χ4n) is 4.70. The molecule has 1 aliphatic heterocycles. The second-order valence-corrected chi connectivity index (χ2v) is 9.57. The number of nitrogens with zero attached hydrogens (tertiary/aromatic N) is 7. The number of fused-ring (bicyclic) bond motifs is 1. The Morgan fingerprint density at radius 1 is 1.11 bits per heavy atom.